The summed E-state index contributed by atoms with van der Waals surface area (Å²) in [6.07, 6.45) is 4.48. The summed E-state index contributed by atoms with van der Waals surface area (Å²) in [6, 6.07) is 5.43. The van der Waals surface area contributed by atoms with Crippen molar-refractivity contribution in [3.05, 3.63) is 46.5 Å². The van der Waals surface area contributed by atoms with Crippen LogP contribution in [0.4, 0.5) is 11.5 Å². The molecule has 6 heteroatoms. The number of pyridine rings is 1. The smallest absolute Gasteiger partial charge is 0.269 e. The number of hydrogen-bond acceptors (Lipinski definition) is 5. The Balaban J connectivity index is 2.16. The fraction of sp³-hybridized carbons (Fsp3) is 0.400. The van der Waals surface area contributed by atoms with Crippen LogP contribution in [0.5, 0.6) is 0 Å². The van der Waals surface area contributed by atoms with Crippen LogP contribution in [0.25, 0.3) is 0 Å². The van der Waals surface area contributed by atoms with E-state index in [1.54, 1.807) is 18.5 Å². The Morgan fingerprint density at radius 1 is 1.33 bits per heavy atom. The molecule has 0 aliphatic rings. The first-order chi connectivity index (χ1) is 10.1. The molecule has 6 nitrogen and oxygen atoms in total. The van der Waals surface area contributed by atoms with Gasteiger partial charge < -0.3 is 10.2 Å². The van der Waals surface area contributed by atoms with Crippen LogP contribution < -0.4 is 15.8 Å². The van der Waals surface area contributed by atoms with Gasteiger partial charge in [0.15, 0.2) is 0 Å². The van der Waals surface area contributed by atoms with Crippen LogP contribution in [0.15, 0.2) is 35.4 Å². The summed E-state index contributed by atoms with van der Waals surface area (Å²) in [5.41, 5.74) is 1.69. The molecule has 0 bridgehead atoms. The van der Waals surface area contributed by atoms with Gasteiger partial charge in [0.05, 0.1) is 18.4 Å². The van der Waals surface area contributed by atoms with Gasteiger partial charge in [-0.05, 0) is 24.1 Å². The summed E-state index contributed by atoms with van der Waals surface area (Å²) in [4.78, 5) is 18.2. The highest BCUT2D eigenvalue weighted by molar-refractivity contribution is 5.41. The Kier molecular flexibility index (Phi) is 4.92. The number of rotatable bonds is 6. The van der Waals surface area contributed by atoms with Gasteiger partial charge in [-0.15, -0.1) is 0 Å². The van der Waals surface area contributed by atoms with Crippen molar-refractivity contribution in [2.45, 2.75) is 19.9 Å². The molecule has 21 heavy (non-hydrogen) atoms. The first-order valence-corrected chi connectivity index (χ1v) is 7.03. The summed E-state index contributed by atoms with van der Waals surface area (Å²) in [6.45, 7) is 3.43. The molecule has 2 rings (SSSR count). The van der Waals surface area contributed by atoms with E-state index in [-0.39, 0.29) is 5.56 Å². The van der Waals surface area contributed by atoms with Crippen LogP contribution in [0.2, 0.25) is 0 Å². The lowest BCUT2D eigenvalue weighted by Crippen LogP contribution is -2.24. The molecule has 2 aromatic heterocycles. The molecule has 0 unspecified atom stereocenters. The van der Waals surface area contributed by atoms with Crippen LogP contribution >= 0.6 is 0 Å². The van der Waals surface area contributed by atoms with E-state index in [4.69, 9.17) is 0 Å². The third-order valence-corrected chi connectivity index (χ3v) is 3.08. The Bertz CT molecular complexity index is 651. The zero-order chi connectivity index (χ0) is 15.2. The Hall–Kier alpha value is -2.37. The second kappa shape index (κ2) is 6.88. The van der Waals surface area contributed by atoms with Crippen LogP contribution in [0.3, 0.4) is 0 Å². The molecule has 0 spiro atoms. The van der Waals surface area contributed by atoms with Crippen molar-refractivity contribution in [2.75, 3.05) is 30.9 Å². The first-order valence-electron chi connectivity index (χ1n) is 7.03. The van der Waals surface area contributed by atoms with Gasteiger partial charge in [-0.3, -0.25) is 4.79 Å². The summed E-state index contributed by atoms with van der Waals surface area (Å²) in [5, 5.41) is 7.44. The zero-order valence-corrected chi connectivity index (χ0v) is 12.7. The summed E-state index contributed by atoms with van der Waals surface area (Å²) in [5.74, 6) is 0.826. The monoisotopic (exact) mass is 287 g/mol. The van der Waals surface area contributed by atoms with Crippen molar-refractivity contribution in [2.24, 2.45) is 0 Å². The molecule has 0 aromatic carbocycles. The minimum atomic E-state index is -0.110. The molecule has 2 heterocycles. The molecular weight excluding hydrogens is 266 g/mol. The molecule has 0 saturated heterocycles. The predicted octanol–water partition coefficient (Wildman–Crippen LogP) is 1.57. The van der Waals surface area contributed by atoms with Crippen molar-refractivity contribution in [1.82, 2.24) is 14.8 Å². The quantitative estimate of drug-likeness (QED) is 0.874. The topological polar surface area (TPSA) is 63.1 Å². The maximum atomic E-state index is 12.0. The predicted molar refractivity (Wildman–Crippen MR) is 84.9 cm³/mol. The molecule has 0 saturated carbocycles. The van der Waals surface area contributed by atoms with E-state index in [2.05, 4.69) is 22.3 Å². The lowest BCUT2D eigenvalue weighted by molar-refractivity contribution is 0.638. The third-order valence-electron chi connectivity index (χ3n) is 3.08. The van der Waals surface area contributed by atoms with E-state index in [1.165, 1.54) is 4.68 Å². The normalized spacial score (nSPS) is 10.4. The SMILES string of the molecule is CCCNc1cc(Cn2ncc(N(C)C)cc2=O)ccn1. The number of hydrogen-bond donors (Lipinski definition) is 1. The molecule has 112 valence electrons. The van der Waals surface area contributed by atoms with E-state index in [1.807, 2.05) is 31.1 Å². The first kappa shape index (κ1) is 15.0. The van der Waals surface area contributed by atoms with Gasteiger partial charge in [0.2, 0.25) is 0 Å². The summed E-state index contributed by atoms with van der Waals surface area (Å²) >= 11 is 0. The molecule has 0 aliphatic heterocycles. The number of aromatic nitrogens is 3. The van der Waals surface area contributed by atoms with Gasteiger partial charge in [-0.2, -0.15) is 5.10 Å². The molecule has 1 N–H and O–H groups in total. The fourth-order valence-electron chi connectivity index (χ4n) is 1.88. The van der Waals surface area contributed by atoms with Gasteiger partial charge in [-0.1, -0.05) is 6.92 Å². The maximum absolute atomic E-state index is 12.0. The van der Waals surface area contributed by atoms with Gasteiger partial charge in [0.25, 0.3) is 5.56 Å². The van der Waals surface area contributed by atoms with Gasteiger partial charge in [0, 0.05) is 32.9 Å². The Morgan fingerprint density at radius 3 is 2.81 bits per heavy atom. The van der Waals surface area contributed by atoms with Crippen LogP contribution in [0.1, 0.15) is 18.9 Å². The van der Waals surface area contributed by atoms with Crippen molar-refractivity contribution in [3.63, 3.8) is 0 Å². The highest BCUT2D eigenvalue weighted by Crippen LogP contribution is 2.08. The third kappa shape index (κ3) is 4.05. The zero-order valence-electron chi connectivity index (χ0n) is 12.7. The largest absolute Gasteiger partial charge is 0.376 e. The highest BCUT2D eigenvalue weighted by Gasteiger charge is 2.04. The standard InChI is InChI=1S/C15H21N5O/c1-4-6-16-14-8-12(5-7-17-14)11-20-15(21)9-13(10-18-20)19(2)3/h5,7-10H,4,6,11H2,1-3H3,(H,16,17). The number of anilines is 2. The van der Waals surface area contributed by atoms with E-state index in [9.17, 15) is 4.79 Å². The average molecular weight is 287 g/mol. The maximum Gasteiger partial charge on any atom is 0.269 e. The minimum Gasteiger partial charge on any atom is -0.376 e. The second-order valence-corrected chi connectivity index (χ2v) is 5.08. The molecule has 0 radical (unpaired) electrons. The van der Waals surface area contributed by atoms with Crippen molar-refractivity contribution in [3.8, 4) is 0 Å². The highest BCUT2D eigenvalue weighted by atomic mass is 16.1. The lowest BCUT2D eigenvalue weighted by atomic mass is 10.2. The summed E-state index contributed by atoms with van der Waals surface area (Å²) in [7, 11) is 3.77. The number of nitrogens with one attached hydrogen (secondary N) is 1. The van der Waals surface area contributed by atoms with Gasteiger partial charge in [0.1, 0.15) is 5.82 Å². The minimum absolute atomic E-state index is 0.110. The number of nitrogens with zero attached hydrogens (tertiary/aromatic N) is 4. The molecular formula is C15H21N5O. The Labute approximate surface area is 124 Å². The van der Waals surface area contributed by atoms with Crippen LogP contribution in [-0.4, -0.2) is 35.4 Å². The van der Waals surface area contributed by atoms with Crippen molar-refractivity contribution >= 4 is 11.5 Å². The van der Waals surface area contributed by atoms with Crippen LogP contribution in [0, 0.1) is 0 Å². The van der Waals surface area contributed by atoms with E-state index < -0.39 is 0 Å². The summed E-state index contributed by atoms with van der Waals surface area (Å²) < 4.78 is 1.45. The molecule has 0 atom stereocenters. The fourth-order valence-corrected chi connectivity index (χ4v) is 1.88. The van der Waals surface area contributed by atoms with Crippen molar-refractivity contribution in [1.29, 1.82) is 0 Å². The van der Waals surface area contributed by atoms with E-state index in [0.29, 0.717) is 6.54 Å². The average Bonchev–Trinajstić information content (AvgIpc) is 2.47. The Morgan fingerprint density at radius 2 is 2.14 bits per heavy atom. The van der Waals surface area contributed by atoms with Gasteiger partial charge in [-0.25, -0.2) is 9.67 Å². The molecule has 0 aliphatic carbocycles. The molecule has 0 amide bonds. The van der Waals surface area contributed by atoms with E-state index >= 15 is 0 Å². The van der Waals surface area contributed by atoms with Crippen molar-refractivity contribution < 1.29 is 0 Å². The van der Waals surface area contributed by atoms with Crippen LogP contribution in [-0.2, 0) is 6.54 Å². The molecule has 2 aromatic rings. The lowest BCUT2D eigenvalue weighted by Gasteiger charge is -2.12. The van der Waals surface area contributed by atoms with E-state index in [0.717, 1.165) is 30.0 Å². The second-order valence-electron chi connectivity index (χ2n) is 5.08. The molecule has 0 fully saturated rings. The van der Waals surface area contributed by atoms with Gasteiger partial charge >= 0.3 is 0 Å².